The zero-order chi connectivity index (χ0) is 14.3. The first kappa shape index (κ1) is 15.8. The number of aliphatic hydroxyl groups is 1. The summed E-state index contributed by atoms with van der Waals surface area (Å²) < 4.78 is 16.3. The van der Waals surface area contributed by atoms with Gasteiger partial charge in [0.15, 0.2) is 11.5 Å². The molecule has 19 heavy (non-hydrogen) atoms. The van der Waals surface area contributed by atoms with E-state index in [1.165, 1.54) is 0 Å². The molecule has 4 heteroatoms. The molecule has 0 aromatic heterocycles. The van der Waals surface area contributed by atoms with E-state index in [0.29, 0.717) is 30.6 Å². The van der Waals surface area contributed by atoms with Gasteiger partial charge in [0, 0.05) is 6.61 Å². The fourth-order valence-electron chi connectivity index (χ4n) is 1.59. The second kappa shape index (κ2) is 8.02. The van der Waals surface area contributed by atoms with E-state index in [1.54, 1.807) is 20.1 Å². The molecular formula is C15H24O4. The molecule has 1 atom stereocenters. The Morgan fingerprint density at radius 2 is 1.84 bits per heavy atom. The van der Waals surface area contributed by atoms with Gasteiger partial charge in [-0.2, -0.15) is 0 Å². The molecule has 1 unspecified atom stereocenters. The molecule has 4 nitrogen and oxygen atoms in total. The summed E-state index contributed by atoms with van der Waals surface area (Å²) in [4.78, 5) is 0. The number of hydrogen-bond acceptors (Lipinski definition) is 4. The molecule has 1 rings (SSSR count). The average molecular weight is 268 g/mol. The Balaban J connectivity index is 2.49. The lowest BCUT2D eigenvalue weighted by Gasteiger charge is -2.13. The maximum Gasteiger partial charge on any atom is 0.161 e. The summed E-state index contributed by atoms with van der Waals surface area (Å²) in [7, 11) is 1.59. The van der Waals surface area contributed by atoms with Crippen LogP contribution in [0, 0.1) is 5.92 Å². The zero-order valence-corrected chi connectivity index (χ0v) is 12.2. The first-order chi connectivity index (χ1) is 9.04. The van der Waals surface area contributed by atoms with Crippen LogP contribution in [0.25, 0.3) is 0 Å². The van der Waals surface area contributed by atoms with Crippen molar-refractivity contribution in [3.05, 3.63) is 23.8 Å². The number of methoxy groups -OCH3 is 1. The molecule has 0 saturated heterocycles. The van der Waals surface area contributed by atoms with Crippen molar-refractivity contribution in [2.45, 2.75) is 26.9 Å². The number of rotatable bonds is 8. The van der Waals surface area contributed by atoms with Gasteiger partial charge < -0.3 is 19.3 Å². The highest BCUT2D eigenvalue weighted by Gasteiger charge is 2.08. The lowest BCUT2D eigenvalue weighted by molar-refractivity contribution is 0.0810. The minimum absolute atomic E-state index is 0.483. The molecule has 0 bridgehead atoms. The van der Waals surface area contributed by atoms with E-state index < -0.39 is 6.10 Å². The maximum atomic E-state index is 9.52. The highest BCUT2D eigenvalue weighted by Crippen LogP contribution is 2.30. The van der Waals surface area contributed by atoms with E-state index in [0.717, 1.165) is 12.2 Å². The van der Waals surface area contributed by atoms with E-state index in [1.807, 2.05) is 12.1 Å². The van der Waals surface area contributed by atoms with Gasteiger partial charge in [0.2, 0.25) is 0 Å². The molecule has 0 saturated carbocycles. The second-order valence-corrected chi connectivity index (χ2v) is 4.90. The number of hydrogen-bond donors (Lipinski definition) is 1. The van der Waals surface area contributed by atoms with Gasteiger partial charge in [0.05, 0.1) is 19.8 Å². The largest absolute Gasteiger partial charge is 0.493 e. The Hall–Kier alpha value is -1.26. The highest BCUT2D eigenvalue weighted by atomic mass is 16.5. The predicted octanol–water partition coefficient (Wildman–Crippen LogP) is 2.80. The van der Waals surface area contributed by atoms with Crippen LogP contribution in [-0.4, -0.2) is 32.0 Å². The number of aliphatic hydroxyl groups excluding tert-OH is 1. The Morgan fingerprint density at radius 3 is 2.42 bits per heavy atom. The second-order valence-electron chi connectivity index (χ2n) is 4.90. The van der Waals surface area contributed by atoms with Gasteiger partial charge in [0.25, 0.3) is 0 Å². The third-order valence-electron chi connectivity index (χ3n) is 2.61. The van der Waals surface area contributed by atoms with Crippen LogP contribution >= 0.6 is 0 Å². The normalized spacial score (nSPS) is 12.5. The number of benzene rings is 1. The Bertz CT molecular complexity index is 374. The van der Waals surface area contributed by atoms with E-state index in [4.69, 9.17) is 14.2 Å². The van der Waals surface area contributed by atoms with Crippen LogP contribution < -0.4 is 9.47 Å². The van der Waals surface area contributed by atoms with Gasteiger partial charge in [-0.25, -0.2) is 0 Å². The molecule has 0 heterocycles. The van der Waals surface area contributed by atoms with Crippen molar-refractivity contribution >= 4 is 0 Å². The Labute approximate surface area is 115 Å². The highest BCUT2D eigenvalue weighted by molar-refractivity contribution is 5.43. The van der Waals surface area contributed by atoms with Gasteiger partial charge in [0.1, 0.15) is 6.61 Å². The van der Waals surface area contributed by atoms with E-state index in [9.17, 15) is 5.11 Å². The molecule has 1 N–H and O–H groups in total. The topological polar surface area (TPSA) is 47.9 Å². The molecule has 0 fully saturated rings. The molecule has 1 aromatic rings. The summed E-state index contributed by atoms with van der Waals surface area (Å²) in [6, 6.07) is 5.43. The quantitative estimate of drug-likeness (QED) is 0.736. The standard InChI is InChI=1S/C15H24O4/c1-11(2)10-18-7-8-19-14-6-5-13(12(3)16)9-15(14)17-4/h5-6,9,11-12,16H,7-8,10H2,1-4H3. The van der Waals surface area contributed by atoms with Crippen LogP contribution in [0.4, 0.5) is 0 Å². The maximum absolute atomic E-state index is 9.52. The SMILES string of the molecule is COc1cc(C(C)O)ccc1OCCOCC(C)C. The average Bonchev–Trinajstić information content (AvgIpc) is 2.37. The smallest absolute Gasteiger partial charge is 0.161 e. The molecule has 0 aliphatic heterocycles. The molecule has 0 radical (unpaired) electrons. The van der Waals surface area contributed by atoms with Crippen LogP contribution in [0.15, 0.2) is 18.2 Å². The van der Waals surface area contributed by atoms with Crippen molar-refractivity contribution < 1.29 is 19.3 Å². The zero-order valence-electron chi connectivity index (χ0n) is 12.2. The van der Waals surface area contributed by atoms with Crippen molar-refractivity contribution in [1.29, 1.82) is 0 Å². The van der Waals surface area contributed by atoms with Gasteiger partial charge in [-0.3, -0.25) is 0 Å². The van der Waals surface area contributed by atoms with Crippen LogP contribution in [0.5, 0.6) is 11.5 Å². The minimum Gasteiger partial charge on any atom is -0.493 e. The van der Waals surface area contributed by atoms with Crippen LogP contribution in [0.1, 0.15) is 32.4 Å². The van der Waals surface area contributed by atoms with Crippen LogP contribution in [-0.2, 0) is 4.74 Å². The van der Waals surface area contributed by atoms with E-state index in [2.05, 4.69) is 13.8 Å². The molecule has 0 aliphatic rings. The van der Waals surface area contributed by atoms with E-state index in [-0.39, 0.29) is 0 Å². The summed E-state index contributed by atoms with van der Waals surface area (Å²) in [6.45, 7) is 7.71. The van der Waals surface area contributed by atoms with Gasteiger partial charge in [-0.05, 0) is 30.5 Å². The summed E-state index contributed by atoms with van der Waals surface area (Å²) >= 11 is 0. The van der Waals surface area contributed by atoms with Crippen molar-refractivity contribution in [2.24, 2.45) is 5.92 Å². The summed E-state index contributed by atoms with van der Waals surface area (Å²) in [6.07, 6.45) is -0.516. The van der Waals surface area contributed by atoms with Crippen LogP contribution in [0.2, 0.25) is 0 Å². The Kier molecular flexibility index (Phi) is 6.67. The molecular weight excluding hydrogens is 244 g/mol. The molecule has 0 aliphatic carbocycles. The lowest BCUT2D eigenvalue weighted by atomic mass is 10.1. The van der Waals surface area contributed by atoms with Crippen LogP contribution in [0.3, 0.4) is 0 Å². The molecule has 0 amide bonds. The minimum atomic E-state index is -0.516. The third-order valence-corrected chi connectivity index (χ3v) is 2.61. The summed E-state index contributed by atoms with van der Waals surface area (Å²) in [5, 5.41) is 9.52. The predicted molar refractivity (Wildman–Crippen MR) is 74.8 cm³/mol. The third kappa shape index (κ3) is 5.49. The summed E-state index contributed by atoms with van der Waals surface area (Å²) in [5.41, 5.74) is 0.806. The molecule has 108 valence electrons. The van der Waals surface area contributed by atoms with Gasteiger partial charge in [-0.1, -0.05) is 19.9 Å². The van der Waals surface area contributed by atoms with Gasteiger partial charge in [-0.15, -0.1) is 0 Å². The summed E-state index contributed by atoms with van der Waals surface area (Å²) in [5.74, 6) is 1.82. The van der Waals surface area contributed by atoms with Crippen molar-refractivity contribution in [1.82, 2.24) is 0 Å². The van der Waals surface area contributed by atoms with E-state index >= 15 is 0 Å². The lowest BCUT2D eigenvalue weighted by Crippen LogP contribution is -2.10. The fraction of sp³-hybridized carbons (Fsp3) is 0.600. The van der Waals surface area contributed by atoms with Crippen molar-refractivity contribution in [3.63, 3.8) is 0 Å². The monoisotopic (exact) mass is 268 g/mol. The van der Waals surface area contributed by atoms with Gasteiger partial charge >= 0.3 is 0 Å². The molecule has 1 aromatic carbocycles. The first-order valence-electron chi connectivity index (χ1n) is 6.61. The number of ether oxygens (including phenoxy) is 3. The Morgan fingerprint density at radius 1 is 1.11 bits per heavy atom. The van der Waals surface area contributed by atoms with Crippen molar-refractivity contribution in [3.8, 4) is 11.5 Å². The molecule has 0 spiro atoms. The fourth-order valence-corrected chi connectivity index (χ4v) is 1.59. The van der Waals surface area contributed by atoms with Crippen molar-refractivity contribution in [2.75, 3.05) is 26.9 Å². The first-order valence-corrected chi connectivity index (χ1v) is 6.61.